The van der Waals surface area contributed by atoms with Gasteiger partial charge in [-0.15, -0.1) is 24.8 Å². The molecule has 1 saturated heterocycles. The van der Waals surface area contributed by atoms with Gasteiger partial charge in [-0.25, -0.2) is 0 Å². The molecule has 0 radical (unpaired) electrons. The van der Waals surface area contributed by atoms with Crippen molar-refractivity contribution in [3.8, 4) is 0 Å². The molecular formula is C12H18Cl3N3O. The number of carbonyl (C=O) groups is 1. The van der Waals surface area contributed by atoms with Crippen molar-refractivity contribution in [2.45, 2.75) is 0 Å². The molecule has 1 aromatic rings. The summed E-state index contributed by atoms with van der Waals surface area (Å²) in [5.74, 6) is -0.0139. The van der Waals surface area contributed by atoms with Gasteiger partial charge in [0.25, 0.3) is 0 Å². The summed E-state index contributed by atoms with van der Waals surface area (Å²) in [5, 5.41) is 6.65. The van der Waals surface area contributed by atoms with E-state index in [0.717, 1.165) is 26.2 Å². The second-order valence-corrected chi connectivity index (χ2v) is 4.46. The van der Waals surface area contributed by atoms with E-state index in [2.05, 4.69) is 15.5 Å². The normalized spacial score (nSPS) is 15.0. The van der Waals surface area contributed by atoms with E-state index in [1.807, 2.05) is 12.1 Å². The van der Waals surface area contributed by atoms with Crippen LogP contribution in [-0.2, 0) is 4.79 Å². The zero-order chi connectivity index (χ0) is 12.1. The first-order valence-electron chi connectivity index (χ1n) is 5.73. The van der Waals surface area contributed by atoms with Crippen molar-refractivity contribution in [1.82, 2.24) is 10.2 Å². The van der Waals surface area contributed by atoms with Crippen LogP contribution in [0, 0.1) is 0 Å². The number of hydrogen-bond donors (Lipinski definition) is 2. The van der Waals surface area contributed by atoms with Crippen LogP contribution >= 0.6 is 36.4 Å². The van der Waals surface area contributed by atoms with Gasteiger partial charge in [0, 0.05) is 26.2 Å². The average Bonchev–Trinajstić information content (AvgIpc) is 2.33. The van der Waals surface area contributed by atoms with Crippen molar-refractivity contribution >= 4 is 48.0 Å². The maximum atomic E-state index is 11.8. The standard InChI is InChI=1S/C12H16ClN3O.2ClH/c13-10-3-1-2-4-11(10)15-12(17)9-16-7-5-14-6-8-16;;/h1-4,14H,5-9H2,(H,15,17);2*1H. The molecule has 0 spiro atoms. The van der Waals surface area contributed by atoms with Crippen LogP contribution in [0.15, 0.2) is 24.3 Å². The number of piperazine rings is 1. The third-order valence-electron chi connectivity index (χ3n) is 2.72. The summed E-state index contributed by atoms with van der Waals surface area (Å²) in [6.07, 6.45) is 0. The third kappa shape index (κ3) is 5.97. The molecule has 4 nitrogen and oxygen atoms in total. The monoisotopic (exact) mass is 325 g/mol. The first-order chi connectivity index (χ1) is 8.25. The average molecular weight is 327 g/mol. The number of amides is 1. The molecule has 1 aromatic carbocycles. The highest BCUT2D eigenvalue weighted by atomic mass is 35.5. The zero-order valence-corrected chi connectivity index (χ0v) is 12.8. The zero-order valence-electron chi connectivity index (χ0n) is 10.4. The molecule has 2 N–H and O–H groups in total. The number of anilines is 1. The summed E-state index contributed by atoms with van der Waals surface area (Å²) in [5.41, 5.74) is 0.675. The number of halogens is 3. The molecule has 2 rings (SSSR count). The summed E-state index contributed by atoms with van der Waals surface area (Å²) in [6, 6.07) is 7.26. The van der Waals surface area contributed by atoms with Gasteiger partial charge in [-0.2, -0.15) is 0 Å². The van der Waals surface area contributed by atoms with Crippen LogP contribution in [0.5, 0.6) is 0 Å². The number of carbonyl (C=O) groups excluding carboxylic acids is 1. The van der Waals surface area contributed by atoms with Gasteiger partial charge in [-0.1, -0.05) is 23.7 Å². The topological polar surface area (TPSA) is 44.4 Å². The molecule has 0 atom stereocenters. The number of rotatable bonds is 3. The Morgan fingerprint density at radius 1 is 1.26 bits per heavy atom. The van der Waals surface area contributed by atoms with E-state index in [0.29, 0.717) is 17.3 Å². The number of nitrogens with one attached hydrogen (secondary N) is 2. The van der Waals surface area contributed by atoms with Crippen LogP contribution < -0.4 is 10.6 Å². The first-order valence-corrected chi connectivity index (χ1v) is 6.11. The molecule has 1 aliphatic heterocycles. The number of para-hydroxylation sites is 1. The second-order valence-electron chi connectivity index (χ2n) is 4.05. The van der Waals surface area contributed by atoms with Gasteiger partial charge in [-0.05, 0) is 12.1 Å². The minimum Gasteiger partial charge on any atom is -0.324 e. The lowest BCUT2D eigenvalue weighted by Gasteiger charge is -2.26. The summed E-state index contributed by atoms with van der Waals surface area (Å²) >= 11 is 5.97. The highest BCUT2D eigenvalue weighted by molar-refractivity contribution is 6.33. The van der Waals surface area contributed by atoms with Crippen LogP contribution in [0.2, 0.25) is 5.02 Å². The molecule has 0 saturated carbocycles. The Bertz CT molecular complexity index is 398. The Labute approximate surface area is 130 Å². The fourth-order valence-electron chi connectivity index (χ4n) is 1.82. The van der Waals surface area contributed by atoms with Crippen molar-refractivity contribution in [1.29, 1.82) is 0 Å². The van der Waals surface area contributed by atoms with Gasteiger partial charge in [0.1, 0.15) is 0 Å². The smallest absolute Gasteiger partial charge is 0.238 e. The molecule has 0 bridgehead atoms. The molecule has 0 unspecified atom stereocenters. The largest absolute Gasteiger partial charge is 0.324 e. The van der Waals surface area contributed by atoms with Crippen LogP contribution in [0.3, 0.4) is 0 Å². The lowest BCUT2D eigenvalue weighted by Crippen LogP contribution is -2.46. The van der Waals surface area contributed by atoms with E-state index in [-0.39, 0.29) is 30.7 Å². The number of nitrogens with zero attached hydrogens (tertiary/aromatic N) is 1. The summed E-state index contributed by atoms with van der Waals surface area (Å²) in [7, 11) is 0. The Morgan fingerprint density at radius 2 is 1.89 bits per heavy atom. The summed E-state index contributed by atoms with van der Waals surface area (Å²) in [6.45, 7) is 4.14. The number of hydrogen-bond acceptors (Lipinski definition) is 3. The van der Waals surface area contributed by atoms with Crippen molar-refractivity contribution in [2.75, 3.05) is 38.0 Å². The molecule has 7 heteroatoms. The minimum absolute atomic E-state index is 0. The molecule has 1 amide bonds. The van der Waals surface area contributed by atoms with Gasteiger partial charge in [0.2, 0.25) is 5.91 Å². The fourth-order valence-corrected chi connectivity index (χ4v) is 2.01. The predicted molar refractivity (Wildman–Crippen MR) is 83.9 cm³/mol. The van der Waals surface area contributed by atoms with E-state index in [1.165, 1.54) is 0 Å². The molecule has 0 aliphatic carbocycles. The highest BCUT2D eigenvalue weighted by Gasteiger charge is 2.13. The van der Waals surface area contributed by atoms with Gasteiger partial charge in [0.15, 0.2) is 0 Å². The van der Waals surface area contributed by atoms with E-state index in [4.69, 9.17) is 11.6 Å². The maximum absolute atomic E-state index is 11.8. The molecular weight excluding hydrogens is 309 g/mol. The Kier molecular flexibility index (Phi) is 9.14. The predicted octanol–water partition coefficient (Wildman–Crippen LogP) is 2.03. The van der Waals surface area contributed by atoms with Gasteiger partial charge < -0.3 is 10.6 Å². The highest BCUT2D eigenvalue weighted by Crippen LogP contribution is 2.20. The summed E-state index contributed by atoms with van der Waals surface area (Å²) < 4.78 is 0. The van der Waals surface area contributed by atoms with E-state index >= 15 is 0 Å². The van der Waals surface area contributed by atoms with Crippen molar-refractivity contribution in [2.24, 2.45) is 0 Å². The lowest BCUT2D eigenvalue weighted by molar-refractivity contribution is -0.117. The van der Waals surface area contributed by atoms with Crippen LogP contribution in [0.1, 0.15) is 0 Å². The molecule has 1 aliphatic rings. The van der Waals surface area contributed by atoms with Crippen molar-refractivity contribution in [3.63, 3.8) is 0 Å². The van der Waals surface area contributed by atoms with Crippen LogP contribution in [0.4, 0.5) is 5.69 Å². The Hall–Kier alpha value is -0.520. The van der Waals surface area contributed by atoms with E-state index in [1.54, 1.807) is 12.1 Å². The SMILES string of the molecule is Cl.Cl.O=C(CN1CCNCC1)Nc1ccccc1Cl. The molecule has 1 fully saturated rings. The van der Waals surface area contributed by atoms with Crippen LogP contribution in [-0.4, -0.2) is 43.5 Å². The Balaban J connectivity index is 0.00000162. The van der Waals surface area contributed by atoms with Crippen LogP contribution in [0.25, 0.3) is 0 Å². The second kappa shape index (κ2) is 9.39. The van der Waals surface area contributed by atoms with Crippen molar-refractivity contribution < 1.29 is 4.79 Å². The van der Waals surface area contributed by atoms with Crippen molar-refractivity contribution in [3.05, 3.63) is 29.3 Å². The third-order valence-corrected chi connectivity index (χ3v) is 3.05. The van der Waals surface area contributed by atoms with E-state index < -0.39 is 0 Å². The fraction of sp³-hybridized carbons (Fsp3) is 0.417. The Morgan fingerprint density at radius 3 is 2.53 bits per heavy atom. The summed E-state index contributed by atoms with van der Waals surface area (Å²) in [4.78, 5) is 13.9. The van der Waals surface area contributed by atoms with E-state index in [9.17, 15) is 4.79 Å². The maximum Gasteiger partial charge on any atom is 0.238 e. The van der Waals surface area contributed by atoms with Gasteiger partial charge in [0.05, 0.1) is 17.3 Å². The lowest BCUT2D eigenvalue weighted by atomic mass is 10.3. The molecule has 19 heavy (non-hydrogen) atoms. The number of benzene rings is 1. The molecule has 1 heterocycles. The van der Waals surface area contributed by atoms with Gasteiger partial charge in [-0.3, -0.25) is 9.69 Å². The minimum atomic E-state index is -0.0139. The molecule has 0 aromatic heterocycles. The quantitative estimate of drug-likeness (QED) is 0.893. The van der Waals surface area contributed by atoms with Gasteiger partial charge >= 0.3 is 0 Å². The first kappa shape index (κ1) is 18.5. The molecule has 108 valence electrons.